The zero-order chi connectivity index (χ0) is 11.6. The van der Waals surface area contributed by atoms with Crippen LogP contribution in [0.3, 0.4) is 0 Å². The maximum Gasteiger partial charge on any atom is 0.319 e. The highest BCUT2D eigenvalue weighted by Crippen LogP contribution is 2.46. The molecule has 0 aromatic heterocycles. The molecule has 1 unspecified atom stereocenters. The van der Waals surface area contributed by atoms with Crippen molar-refractivity contribution in [1.82, 2.24) is 5.32 Å². The Labute approximate surface area is 94.2 Å². The molecule has 2 N–H and O–H groups in total. The SMILES string of the molecule is O=C(O)C1(C(=O)NCC2CCCOC2)CC1. The number of hydrogen-bond donors (Lipinski definition) is 2. The van der Waals surface area contributed by atoms with Crippen LogP contribution in [-0.2, 0) is 14.3 Å². The lowest BCUT2D eigenvalue weighted by Crippen LogP contribution is -2.40. The largest absolute Gasteiger partial charge is 0.480 e. The van der Waals surface area contributed by atoms with Crippen LogP contribution in [0, 0.1) is 11.3 Å². The van der Waals surface area contributed by atoms with Gasteiger partial charge in [-0.05, 0) is 31.6 Å². The third kappa shape index (κ3) is 2.19. The average molecular weight is 227 g/mol. The molecular formula is C11H17NO4. The summed E-state index contributed by atoms with van der Waals surface area (Å²) in [5, 5.41) is 11.7. The summed E-state index contributed by atoms with van der Waals surface area (Å²) in [6.45, 7) is 2.00. The van der Waals surface area contributed by atoms with Gasteiger partial charge in [-0.2, -0.15) is 0 Å². The Bertz CT molecular complexity index is 292. The van der Waals surface area contributed by atoms with E-state index in [4.69, 9.17) is 9.84 Å². The lowest BCUT2D eigenvalue weighted by atomic mass is 10.0. The van der Waals surface area contributed by atoms with Gasteiger partial charge < -0.3 is 15.2 Å². The summed E-state index contributed by atoms with van der Waals surface area (Å²) in [7, 11) is 0. The highest BCUT2D eigenvalue weighted by molar-refractivity contribution is 6.04. The first-order valence-electron chi connectivity index (χ1n) is 5.74. The third-order valence-electron chi connectivity index (χ3n) is 3.40. The van der Waals surface area contributed by atoms with Gasteiger partial charge in [0.2, 0.25) is 5.91 Å². The van der Waals surface area contributed by atoms with E-state index in [0.29, 0.717) is 31.9 Å². The molecule has 2 rings (SSSR count). The van der Waals surface area contributed by atoms with Gasteiger partial charge in [-0.25, -0.2) is 0 Å². The molecule has 1 heterocycles. The smallest absolute Gasteiger partial charge is 0.319 e. The molecule has 1 saturated heterocycles. The first-order valence-corrected chi connectivity index (χ1v) is 5.74. The Morgan fingerprint density at radius 2 is 2.19 bits per heavy atom. The Morgan fingerprint density at radius 3 is 2.69 bits per heavy atom. The van der Waals surface area contributed by atoms with E-state index in [0.717, 1.165) is 19.4 Å². The first kappa shape index (κ1) is 11.4. The summed E-state index contributed by atoms with van der Waals surface area (Å²) in [6.07, 6.45) is 3.00. The Morgan fingerprint density at radius 1 is 1.44 bits per heavy atom. The first-order chi connectivity index (χ1) is 7.65. The molecule has 0 aromatic carbocycles. The number of carbonyl (C=O) groups is 2. The van der Waals surface area contributed by atoms with E-state index in [1.165, 1.54) is 0 Å². The van der Waals surface area contributed by atoms with Crippen LogP contribution in [0.1, 0.15) is 25.7 Å². The predicted molar refractivity (Wildman–Crippen MR) is 55.9 cm³/mol. The molecule has 90 valence electrons. The van der Waals surface area contributed by atoms with E-state index in [1.807, 2.05) is 0 Å². The van der Waals surface area contributed by atoms with E-state index >= 15 is 0 Å². The van der Waals surface area contributed by atoms with E-state index in [2.05, 4.69) is 5.32 Å². The molecule has 2 aliphatic rings. The van der Waals surface area contributed by atoms with Crippen LogP contribution in [0.4, 0.5) is 0 Å². The lowest BCUT2D eigenvalue weighted by molar-refractivity contribution is -0.149. The van der Waals surface area contributed by atoms with Gasteiger partial charge in [-0.15, -0.1) is 0 Å². The monoisotopic (exact) mass is 227 g/mol. The third-order valence-corrected chi connectivity index (χ3v) is 3.40. The van der Waals surface area contributed by atoms with Gasteiger partial charge >= 0.3 is 5.97 Å². The van der Waals surface area contributed by atoms with Crippen molar-refractivity contribution in [2.45, 2.75) is 25.7 Å². The van der Waals surface area contributed by atoms with Gasteiger partial charge in [0.05, 0.1) is 6.61 Å². The summed E-state index contributed by atoms with van der Waals surface area (Å²) in [5.41, 5.74) is -1.12. The Balaban J connectivity index is 1.77. The number of carboxylic acid groups (broad SMARTS) is 1. The van der Waals surface area contributed by atoms with Crippen molar-refractivity contribution in [3.63, 3.8) is 0 Å². The van der Waals surface area contributed by atoms with Crippen molar-refractivity contribution in [2.24, 2.45) is 11.3 Å². The molecule has 2 fully saturated rings. The molecule has 0 spiro atoms. The molecule has 0 aromatic rings. The maximum atomic E-state index is 11.7. The van der Waals surface area contributed by atoms with Gasteiger partial charge in [0, 0.05) is 13.2 Å². The summed E-state index contributed by atoms with van der Waals surface area (Å²) in [4.78, 5) is 22.6. The normalized spacial score (nSPS) is 27.1. The molecule has 0 radical (unpaired) electrons. The predicted octanol–water partition coefficient (Wildman–Crippen LogP) is 0.394. The van der Waals surface area contributed by atoms with Gasteiger partial charge in [0.1, 0.15) is 5.41 Å². The van der Waals surface area contributed by atoms with Crippen molar-refractivity contribution < 1.29 is 19.4 Å². The highest BCUT2D eigenvalue weighted by Gasteiger charge is 2.56. The highest BCUT2D eigenvalue weighted by atomic mass is 16.5. The fraction of sp³-hybridized carbons (Fsp3) is 0.818. The molecule has 16 heavy (non-hydrogen) atoms. The van der Waals surface area contributed by atoms with Crippen molar-refractivity contribution in [3.05, 3.63) is 0 Å². The topological polar surface area (TPSA) is 75.6 Å². The molecule has 5 nitrogen and oxygen atoms in total. The number of carbonyl (C=O) groups excluding carboxylic acids is 1. The summed E-state index contributed by atoms with van der Waals surface area (Å²) >= 11 is 0. The van der Waals surface area contributed by atoms with Crippen molar-refractivity contribution in [3.8, 4) is 0 Å². The summed E-state index contributed by atoms with van der Waals surface area (Å²) in [5.74, 6) is -0.988. The van der Waals surface area contributed by atoms with Gasteiger partial charge in [-0.3, -0.25) is 9.59 Å². The average Bonchev–Trinajstić information content (AvgIpc) is 3.08. The number of carboxylic acids is 1. The standard InChI is InChI=1S/C11H17NO4/c13-9(11(3-4-11)10(14)15)12-6-8-2-1-5-16-7-8/h8H,1-7H2,(H,12,13)(H,14,15). The van der Waals surface area contributed by atoms with Crippen molar-refractivity contribution in [1.29, 1.82) is 0 Å². The van der Waals surface area contributed by atoms with Crippen LogP contribution in [0.15, 0.2) is 0 Å². The molecule has 1 atom stereocenters. The minimum absolute atomic E-state index is 0.328. The molecule has 1 amide bonds. The van der Waals surface area contributed by atoms with Crippen LogP contribution in [0.2, 0.25) is 0 Å². The number of nitrogens with one attached hydrogen (secondary N) is 1. The fourth-order valence-corrected chi connectivity index (χ4v) is 2.04. The molecule has 1 saturated carbocycles. The molecular weight excluding hydrogens is 210 g/mol. The van der Waals surface area contributed by atoms with Gasteiger partial charge in [0.25, 0.3) is 0 Å². The van der Waals surface area contributed by atoms with Crippen LogP contribution in [0.5, 0.6) is 0 Å². The lowest BCUT2D eigenvalue weighted by Gasteiger charge is -2.22. The number of amides is 1. The molecule has 1 aliphatic heterocycles. The molecule has 5 heteroatoms. The van der Waals surface area contributed by atoms with Gasteiger partial charge in [0.15, 0.2) is 0 Å². The van der Waals surface area contributed by atoms with Crippen LogP contribution < -0.4 is 5.32 Å². The maximum absolute atomic E-state index is 11.7. The van der Waals surface area contributed by atoms with Crippen molar-refractivity contribution >= 4 is 11.9 Å². The second kappa shape index (κ2) is 4.41. The molecule has 0 bridgehead atoms. The van der Waals surface area contributed by atoms with E-state index in [9.17, 15) is 9.59 Å². The zero-order valence-electron chi connectivity index (χ0n) is 9.20. The van der Waals surface area contributed by atoms with Gasteiger partial charge in [-0.1, -0.05) is 0 Å². The molecule has 1 aliphatic carbocycles. The Kier molecular flexibility index (Phi) is 3.14. The fourth-order valence-electron chi connectivity index (χ4n) is 2.04. The second-order valence-electron chi connectivity index (χ2n) is 4.68. The minimum Gasteiger partial charge on any atom is -0.480 e. The number of ether oxygens (including phenoxy) is 1. The van der Waals surface area contributed by atoms with E-state index < -0.39 is 11.4 Å². The van der Waals surface area contributed by atoms with Crippen LogP contribution in [-0.4, -0.2) is 36.7 Å². The number of aliphatic carboxylic acids is 1. The van der Waals surface area contributed by atoms with E-state index in [1.54, 1.807) is 0 Å². The Hall–Kier alpha value is -1.10. The number of hydrogen-bond acceptors (Lipinski definition) is 3. The zero-order valence-corrected chi connectivity index (χ0v) is 9.20. The van der Waals surface area contributed by atoms with Crippen LogP contribution in [0.25, 0.3) is 0 Å². The quantitative estimate of drug-likeness (QED) is 0.681. The summed E-state index contributed by atoms with van der Waals surface area (Å²) in [6, 6.07) is 0. The van der Waals surface area contributed by atoms with Crippen LogP contribution >= 0.6 is 0 Å². The summed E-state index contributed by atoms with van der Waals surface area (Å²) < 4.78 is 5.30. The van der Waals surface area contributed by atoms with E-state index in [-0.39, 0.29) is 5.91 Å². The minimum atomic E-state index is -1.12. The number of rotatable bonds is 4. The second-order valence-corrected chi connectivity index (χ2v) is 4.68. The van der Waals surface area contributed by atoms with Crippen molar-refractivity contribution in [2.75, 3.05) is 19.8 Å².